The number of hydrogen-bond acceptors (Lipinski definition) is 6. The summed E-state index contributed by atoms with van der Waals surface area (Å²) in [5.41, 5.74) is 1.16. The van der Waals surface area contributed by atoms with Crippen LogP contribution in [0.2, 0.25) is 0 Å². The van der Waals surface area contributed by atoms with Crippen molar-refractivity contribution in [1.29, 1.82) is 0 Å². The SMILES string of the molecule is COC(=O)C(Cc1c([N+](=O)[O-])ncn1Cc1ccccc1)NC(C)=O. The van der Waals surface area contributed by atoms with Crippen LogP contribution < -0.4 is 5.32 Å². The maximum absolute atomic E-state index is 11.9. The summed E-state index contributed by atoms with van der Waals surface area (Å²) in [5, 5.41) is 13.7. The van der Waals surface area contributed by atoms with Gasteiger partial charge in [-0.25, -0.2) is 4.79 Å². The van der Waals surface area contributed by atoms with Crippen molar-refractivity contribution in [1.82, 2.24) is 14.9 Å². The molecule has 1 amide bonds. The number of ether oxygens (including phenoxy) is 1. The molecular weight excluding hydrogens is 328 g/mol. The van der Waals surface area contributed by atoms with Gasteiger partial charge in [-0.05, 0) is 15.5 Å². The molecule has 2 aromatic rings. The number of nitro groups is 1. The first-order valence-electron chi connectivity index (χ1n) is 7.49. The predicted molar refractivity (Wildman–Crippen MR) is 87.8 cm³/mol. The second-order valence-corrected chi connectivity index (χ2v) is 5.37. The van der Waals surface area contributed by atoms with E-state index >= 15 is 0 Å². The summed E-state index contributed by atoms with van der Waals surface area (Å²) in [6.07, 6.45) is 1.25. The van der Waals surface area contributed by atoms with Gasteiger partial charge in [-0.15, -0.1) is 0 Å². The number of imidazole rings is 1. The van der Waals surface area contributed by atoms with Gasteiger partial charge in [0.1, 0.15) is 11.7 Å². The van der Waals surface area contributed by atoms with Crippen molar-refractivity contribution in [3.8, 4) is 0 Å². The number of esters is 1. The molecule has 0 aliphatic rings. The van der Waals surface area contributed by atoms with Crippen LogP contribution >= 0.6 is 0 Å². The van der Waals surface area contributed by atoms with Gasteiger partial charge in [0.2, 0.25) is 12.2 Å². The van der Waals surface area contributed by atoms with Crippen LogP contribution in [0.25, 0.3) is 0 Å². The predicted octanol–water partition coefficient (Wildman–Crippen LogP) is 1.06. The summed E-state index contributed by atoms with van der Waals surface area (Å²) < 4.78 is 6.26. The highest BCUT2D eigenvalue weighted by Crippen LogP contribution is 2.20. The van der Waals surface area contributed by atoms with E-state index in [2.05, 4.69) is 15.0 Å². The molecule has 1 aromatic carbocycles. The fourth-order valence-electron chi connectivity index (χ4n) is 2.45. The van der Waals surface area contributed by atoms with Crippen LogP contribution in [0.5, 0.6) is 0 Å². The molecule has 132 valence electrons. The number of methoxy groups -OCH3 is 1. The lowest BCUT2D eigenvalue weighted by Crippen LogP contribution is -2.42. The van der Waals surface area contributed by atoms with Gasteiger partial charge in [-0.1, -0.05) is 30.3 Å². The van der Waals surface area contributed by atoms with E-state index in [0.717, 1.165) is 5.56 Å². The number of hydrogen-bond donors (Lipinski definition) is 1. The van der Waals surface area contributed by atoms with E-state index in [9.17, 15) is 19.7 Å². The maximum Gasteiger partial charge on any atom is 0.384 e. The van der Waals surface area contributed by atoms with E-state index in [1.807, 2.05) is 30.3 Å². The first-order valence-corrected chi connectivity index (χ1v) is 7.49. The highest BCUT2D eigenvalue weighted by Gasteiger charge is 2.29. The Hall–Kier alpha value is -3.23. The summed E-state index contributed by atoms with van der Waals surface area (Å²) in [5.74, 6) is -1.47. The molecule has 1 N–H and O–H groups in total. The van der Waals surface area contributed by atoms with E-state index in [-0.39, 0.29) is 17.9 Å². The Labute approximate surface area is 143 Å². The van der Waals surface area contributed by atoms with Crippen molar-refractivity contribution < 1.29 is 19.2 Å². The molecule has 1 aromatic heterocycles. The van der Waals surface area contributed by atoms with E-state index in [0.29, 0.717) is 6.54 Å². The van der Waals surface area contributed by atoms with Crippen LogP contribution in [0.3, 0.4) is 0 Å². The minimum Gasteiger partial charge on any atom is -0.467 e. The Morgan fingerprint density at radius 3 is 2.60 bits per heavy atom. The molecule has 25 heavy (non-hydrogen) atoms. The molecule has 0 aliphatic heterocycles. The molecule has 1 atom stereocenters. The first kappa shape index (κ1) is 18.1. The van der Waals surface area contributed by atoms with E-state index in [1.54, 1.807) is 4.57 Å². The molecule has 9 heteroatoms. The highest BCUT2D eigenvalue weighted by molar-refractivity contribution is 5.83. The van der Waals surface area contributed by atoms with Gasteiger partial charge >= 0.3 is 11.8 Å². The van der Waals surface area contributed by atoms with Crippen LogP contribution in [-0.4, -0.2) is 39.5 Å². The Morgan fingerprint density at radius 1 is 1.36 bits per heavy atom. The lowest BCUT2D eigenvalue weighted by atomic mass is 10.1. The smallest absolute Gasteiger partial charge is 0.384 e. The number of carbonyl (C=O) groups excluding carboxylic acids is 2. The van der Waals surface area contributed by atoms with Gasteiger partial charge in [0, 0.05) is 13.3 Å². The van der Waals surface area contributed by atoms with E-state index in [1.165, 1.54) is 20.4 Å². The van der Waals surface area contributed by atoms with Gasteiger partial charge in [0.15, 0.2) is 0 Å². The topological polar surface area (TPSA) is 116 Å². The second-order valence-electron chi connectivity index (χ2n) is 5.37. The average molecular weight is 346 g/mol. The van der Waals surface area contributed by atoms with Crippen molar-refractivity contribution >= 4 is 17.7 Å². The minimum absolute atomic E-state index is 0.102. The molecule has 0 bridgehead atoms. The standard InChI is InChI=1S/C16H18N4O5/c1-11(21)18-13(16(22)25-2)8-14-15(20(23)24)17-10-19(14)9-12-6-4-3-5-7-12/h3-7,10,13H,8-9H2,1-2H3,(H,18,21). The number of nitrogens with one attached hydrogen (secondary N) is 1. The third-order valence-corrected chi connectivity index (χ3v) is 3.55. The van der Waals surface area contributed by atoms with Gasteiger partial charge in [-0.2, -0.15) is 0 Å². The monoisotopic (exact) mass is 346 g/mol. The van der Waals surface area contributed by atoms with E-state index in [4.69, 9.17) is 0 Å². The summed E-state index contributed by atoms with van der Waals surface area (Å²) >= 11 is 0. The number of carbonyl (C=O) groups is 2. The Bertz CT molecular complexity index is 772. The van der Waals surface area contributed by atoms with E-state index < -0.39 is 22.8 Å². The Kier molecular flexibility index (Phi) is 5.83. The largest absolute Gasteiger partial charge is 0.467 e. The van der Waals surface area contributed by atoms with Crippen LogP contribution in [0, 0.1) is 10.1 Å². The van der Waals surface area contributed by atoms with Crippen molar-refractivity contribution in [2.45, 2.75) is 25.9 Å². The summed E-state index contributed by atoms with van der Waals surface area (Å²) in [6.45, 7) is 1.61. The number of amides is 1. The molecule has 0 saturated heterocycles. The van der Waals surface area contributed by atoms with Crippen LogP contribution in [0.4, 0.5) is 5.82 Å². The van der Waals surface area contributed by atoms with Crippen molar-refractivity contribution in [3.05, 3.63) is 58.0 Å². The van der Waals surface area contributed by atoms with Gasteiger partial charge in [0.25, 0.3) is 0 Å². The minimum atomic E-state index is -1.03. The summed E-state index contributed by atoms with van der Waals surface area (Å²) in [7, 11) is 1.19. The quantitative estimate of drug-likeness (QED) is 0.455. The van der Waals surface area contributed by atoms with Crippen LogP contribution in [-0.2, 0) is 27.3 Å². The molecule has 2 rings (SSSR count). The van der Waals surface area contributed by atoms with Crippen molar-refractivity contribution in [2.24, 2.45) is 0 Å². The van der Waals surface area contributed by atoms with Crippen LogP contribution in [0.1, 0.15) is 18.2 Å². The first-order chi connectivity index (χ1) is 11.9. The summed E-state index contributed by atoms with van der Waals surface area (Å²) in [4.78, 5) is 37.7. The zero-order chi connectivity index (χ0) is 18.4. The number of benzene rings is 1. The molecule has 1 heterocycles. The average Bonchev–Trinajstić information content (AvgIpc) is 2.96. The maximum atomic E-state index is 11.9. The fourth-order valence-corrected chi connectivity index (χ4v) is 2.45. The normalized spacial score (nSPS) is 11.6. The lowest BCUT2D eigenvalue weighted by molar-refractivity contribution is -0.390. The Balaban J connectivity index is 2.35. The van der Waals surface area contributed by atoms with Crippen molar-refractivity contribution in [2.75, 3.05) is 7.11 Å². The molecular formula is C16H18N4O5. The van der Waals surface area contributed by atoms with Crippen molar-refractivity contribution in [3.63, 3.8) is 0 Å². The van der Waals surface area contributed by atoms with Crippen LogP contribution in [0.15, 0.2) is 36.7 Å². The lowest BCUT2D eigenvalue weighted by Gasteiger charge is -2.16. The molecule has 0 aliphatic carbocycles. The number of nitrogens with zero attached hydrogens (tertiary/aromatic N) is 3. The third kappa shape index (κ3) is 4.63. The second kappa shape index (κ2) is 8.04. The van der Waals surface area contributed by atoms with Gasteiger partial charge in [0.05, 0.1) is 13.7 Å². The molecule has 9 nitrogen and oxygen atoms in total. The molecule has 1 unspecified atom stereocenters. The zero-order valence-corrected chi connectivity index (χ0v) is 13.8. The molecule has 0 fully saturated rings. The summed E-state index contributed by atoms with van der Waals surface area (Å²) in [6, 6.07) is 8.30. The van der Waals surface area contributed by atoms with Gasteiger partial charge < -0.3 is 24.7 Å². The third-order valence-electron chi connectivity index (χ3n) is 3.55. The van der Waals surface area contributed by atoms with Gasteiger partial charge in [-0.3, -0.25) is 4.79 Å². The number of rotatable bonds is 7. The molecule has 0 radical (unpaired) electrons. The zero-order valence-electron chi connectivity index (χ0n) is 13.8. The highest BCUT2D eigenvalue weighted by atomic mass is 16.6. The fraction of sp³-hybridized carbons (Fsp3) is 0.312. The number of aromatic nitrogens is 2. The molecule has 0 spiro atoms. The molecule has 0 saturated carbocycles. The Morgan fingerprint density at radius 2 is 2.04 bits per heavy atom.